The Morgan fingerprint density at radius 1 is 1.47 bits per heavy atom. The average Bonchev–Trinajstić information content (AvgIpc) is 2.27. The van der Waals surface area contributed by atoms with Gasteiger partial charge in [-0.2, -0.15) is 4.31 Å². The second-order valence-corrected chi connectivity index (χ2v) is 6.21. The third-order valence-corrected chi connectivity index (χ3v) is 4.33. The summed E-state index contributed by atoms with van der Waals surface area (Å²) in [6.45, 7) is 1.30. The number of anilines is 1. The first-order valence-electron chi connectivity index (χ1n) is 5.43. The van der Waals surface area contributed by atoms with Crippen molar-refractivity contribution in [2.45, 2.75) is 17.9 Å². The first-order chi connectivity index (χ1) is 8.66. The van der Waals surface area contributed by atoms with Gasteiger partial charge in [0.05, 0.1) is 16.6 Å². The fraction of sp³-hybridized carbons (Fsp3) is 0.364. The fourth-order valence-corrected chi connectivity index (χ4v) is 2.99. The van der Waals surface area contributed by atoms with Crippen LogP contribution in [-0.2, 0) is 10.0 Å². The molecule has 1 unspecified atom stereocenters. The van der Waals surface area contributed by atoms with Gasteiger partial charge < -0.3 is 15.9 Å². The second-order valence-electron chi connectivity index (χ2n) is 4.20. The smallest absolute Gasteiger partial charge is 0.337 e. The highest BCUT2D eigenvalue weighted by Crippen LogP contribution is 2.22. The number of carboxylic acid groups (broad SMARTS) is 1. The number of nitrogen functional groups attached to an aromatic ring is 1. The molecule has 0 aliphatic rings. The van der Waals surface area contributed by atoms with Crippen molar-refractivity contribution in [2.75, 3.05) is 19.3 Å². The van der Waals surface area contributed by atoms with Crippen LogP contribution in [0.15, 0.2) is 23.1 Å². The zero-order chi connectivity index (χ0) is 14.8. The molecule has 0 saturated carbocycles. The summed E-state index contributed by atoms with van der Waals surface area (Å²) in [5, 5.41) is 18.2. The number of aromatic carboxylic acids is 1. The van der Waals surface area contributed by atoms with Crippen LogP contribution in [0.5, 0.6) is 0 Å². The molecule has 0 fully saturated rings. The Bertz CT molecular complexity index is 583. The molecule has 0 aromatic heterocycles. The van der Waals surface area contributed by atoms with E-state index in [-0.39, 0.29) is 17.1 Å². The summed E-state index contributed by atoms with van der Waals surface area (Å²) in [4.78, 5) is 10.7. The minimum absolute atomic E-state index is 0.133. The Hall–Kier alpha value is -1.64. The molecule has 1 aromatic rings. The van der Waals surface area contributed by atoms with E-state index in [0.29, 0.717) is 0 Å². The maximum atomic E-state index is 12.2. The highest BCUT2D eigenvalue weighted by atomic mass is 32.2. The molecule has 19 heavy (non-hydrogen) atoms. The van der Waals surface area contributed by atoms with Gasteiger partial charge >= 0.3 is 5.97 Å². The first-order valence-corrected chi connectivity index (χ1v) is 6.87. The van der Waals surface area contributed by atoms with Crippen LogP contribution in [0.4, 0.5) is 5.69 Å². The van der Waals surface area contributed by atoms with E-state index in [4.69, 9.17) is 10.8 Å². The zero-order valence-electron chi connectivity index (χ0n) is 10.6. The van der Waals surface area contributed by atoms with Crippen molar-refractivity contribution < 1.29 is 23.4 Å². The van der Waals surface area contributed by atoms with E-state index < -0.39 is 27.7 Å². The van der Waals surface area contributed by atoms with Crippen molar-refractivity contribution in [1.82, 2.24) is 4.31 Å². The summed E-state index contributed by atoms with van der Waals surface area (Å²) in [7, 11) is -2.72. The molecule has 1 rings (SSSR count). The number of sulfonamides is 1. The number of hydrogen-bond donors (Lipinski definition) is 3. The summed E-state index contributed by atoms with van der Waals surface area (Å²) in [6, 6.07) is 3.55. The summed E-state index contributed by atoms with van der Waals surface area (Å²) in [5.74, 6) is -1.38. The lowest BCUT2D eigenvalue weighted by atomic mass is 10.2. The van der Waals surface area contributed by atoms with Crippen LogP contribution in [0.2, 0.25) is 0 Å². The van der Waals surface area contributed by atoms with Gasteiger partial charge in [0.15, 0.2) is 0 Å². The Morgan fingerprint density at radius 3 is 2.53 bits per heavy atom. The third kappa shape index (κ3) is 3.43. The molecule has 106 valence electrons. The molecule has 0 aliphatic carbocycles. The van der Waals surface area contributed by atoms with E-state index in [9.17, 15) is 18.3 Å². The molecule has 7 nitrogen and oxygen atoms in total. The van der Waals surface area contributed by atoms with Gasteiger partial charge in [0, 0.05) is 19.3 Å². The molecule has 1 atom stereocenters. The van der Waals surface area contributed by atoms with Crippen molar-refractivity contribution in [3.05, 3.63) is 23.8 Å². The zero-order valence-corrected chi connectivity index (χ0v) is 11.4. The predicted octanol–water partition coefficient (Wildman–Crippen LogP) is -0.0317. The van der Waals surface area contributed by atoms with Crippen molar-refractivity contribution in [3.63, 3.8) is 0 Å². The minimum Gasteiger partial charge on any atom is -0.478 e. The van der Waals surface area contributed by atoms with Crippen LogP contribution in [0.25, 0.3) is 0 Å². The van der Waals surface area contributed by atoms with Gasteiger partial charge in [0.1, 0.15) is 0 Å². The Morgan fingerprint density at radius 2 is 2.05 bits per heavy atom. The molecule has 0 saturated heterocycles. The van der Waals surface area contributed by atoms with Gasteiger partial charge in [-0.15, -0.1) is 0 Å². The summed E-state index contributed by atoms with van der Waals surface area (Å²) >= 11 is 0. The lowest BCUT2D eigenvalue weighted by molar-refractivity contribution is 0.0692. The molecule has 0 amide bonds. The number of likely N-dealkylation sites (N-methyl/N-ethyl adjacent to an activating group) is 1. The van der Waals surface area contributed by atoms with Crippen molar-refractivity contribution in [2.24, 2.45) is 0 Å². The second kappa shape index (κ2) is 5.55. The molecule has 0 aliphatic heterocycles. The predicted molar refractivity (Wildman–Crippen MR) is 69.3 cm³/mol. The van der Waals surface area contributed by atoms with E-state index in [1.165, 1.54) is 20.0 Å². The number of carbonyl (C=O) groups is 1. The van der Waals surface area contributed by atoms with Crippen molar-refractivity contribution >= 4 is 21.7 Å². The Balaban J connectivity index is 3.33. The molecule has 4 N–H and O–H groups in total. The minimum atomic E-state index is -3.99. The molecular formula is C11H16N2O5S. The highest BCUT2D eigenvalue weighted by molar-refractivity contribution is 7.89. The van der Waals surface area contributed by atoms with Gasteiger partial charge in [-0.25, -0.2) is 13.2 Å². The molecule has 0 heterocycles. The number of nitrogens with two attached hydrogens (primary N) is 1. The lowest BCUT2D eigenvalue weighted by Gasteiger charge is -2.19. The molecule has 0 bridgehead atoms. The number of benzene rings is 1. The normalized spacial score (nSPS) is 13.5. The maximum Gasteiger partial charge on any atom is 0.337 e. The number of carboxylic acids is 1. The van der Waals surface area contributed by atoms with Crippen LogP contribution >= 0.6 is 0 Å². The number of hydrogen-bond acceptors (Lipinski definition) is 5. The monoisotopic (exact) mass is 288 g/mol. The van der Waals surface area contributed by atoms with E-state index in [1.54, 1.807) is 0 Å². The number of rotatable bonds is 5. The van der Waals surface area contributed by atoms with Gasteiger partial charge in [-0.05, 0) is 25.1 Å². The van der Waals surface area contributed by atoms with E-state index in [1.807, 2.05) is 0 Å². The standard InChI is InChI=1S/C11H16N2O5S/c1-7(14)6-13(2)19(17,18)10-4-3-8(12)5-9(10)11(15)16/h3-5,7,14H,6,12H2,1-2H3,(H,15,16). The third-order valence-electron chi connectivity index (χ3n) is 2.44. The van der Waals surface area contributed by atoms with Crippen molar-refractivity contribution in [3.8, 4) is 0 Å². The van der Waals surface area contributed by atoms with Crippen LogP contribution in [0.3, 0.4) is 0 Å². The fourth-order valence-electron chi connectivity index (χ4n) is 1.58. The molecule has 8 heteroatoms. The van der Waals surface area contributed by atoms with E-state index in [0.717, 1.165) is 16.4 Å². The maximum absolute atomic E-state index is 12.2. The summed E-state index contributed by atoms with van der Waals surface area (Å²) in [6.07, 6.45) is -0.859. The Kier molecular flexibility index (Phi) is 4.51. The van der Waals surface area contributed by atoms with Gasteiger partial charge in [0.2, 0.25) is 10.0 Å². The lowest BCUT2D eigenvalue weighted by Crippen LogP contribution is -2.34. The molecule has 0 radical (unpaired) electrons. The topological polar surface area (TPSA) is 121 Å². The summed E-state index contributed by atoms with van der Waals surface area (Å²) in [5.41, 5.74) is 5.22. The Labute approximate surface area is 111 Å². The van der Waals surface area contributed by atoms with E-state index in [2.05, 4.69) is 0 Å². The summed E-state index contributed by atoms with van der Waals surface area (Å²) < 4.78 is 25.3. The molecule has 1 aromatic carbocycles. The van der Waals surface area contributed by atoms with Crippen LogP contribution < -0.4 is 5.73 Å². The first kappa shape index (κ1) is 15.4. The van der Waals surface area contributed by atoms with Crippen molar-refractivity contribution in [1.29, 1.82) is 0 Å². The van der Waals surface area contributed by atoms with Crippen LogP contribution in [0, 0.1) is 0 Å². The van der Waals surface area contributed by atoms with Gasteiger partial charge in [0.25, 0.3) is 0 Å². The molecule has 0 spiro atoms. The van der Waals surface area contributed by atoms with E-state index >= 15 is 0 Å². The van der Waals surface area contributed by atoms with Crippen LogP contribution in [0.1, 0.15) is 17.3 Å². The molecular weight excluding hydrogens is 272 g/mol. The average molecular weight is 288 g/mol. The highest BCUT2D eigenvalue weighted by Gasteiger charge is 2.27. The number of aliphatic hydroxyl groups excluding tert-OH is 1. The van der Waals surface area contributed by atoms with Crippen LogP contribution in [-0.4, -0.2) is 48.6 Å². The van der Waals surface area contributed by atoms with Gasteiger partial charge in [-0.1, -0.05) is 0 Å². The quantitative estimate of drug-likeness (QED) is 0.654. The number of aliphatic hydroxyl groups is 1. The number of nitrogens with zero attached hydrogens (tertiary/aromatic N) is 1. The largest absolute Gasteiger partial charge is 0.478 e. The SMILES string of the molecule is CC(O)CN(C)S(=O)(=O)c1ccc(N)cc1C(=O)O. The van der Waals surface area contributed by atoms with Gasteiger partial charge in [-0.3, -0.25) is 0 Å².